The van der Waals surface area contributed by atoms with Crippen LogP contribution in [0.3, 0.4) is 0 Å². The van der Waals surface area contributed by atoms with Gasteiger partial charge in [0.1, 0.15) is 0 Å². The minimum atomic E-state index is -2.76. The van der Waals surface area contributed by atoms with Gasteiger partial charge in [0.15, 0.2) is 0 Å². The van der Waals surface area contributed by atoms with Gasteiger partial charge < -0.3 is 0 Å². The molecule has 116 valence electrons. The average molecular weight is 363 g/mol. The molecule has 0 spiro atoms. The summed E-state index contributed by atoms with van der Waals surface area (Å²) >= 11 is -2.76. The van der Waals surface area contributed by atoms with Crippen LogP contribution in [0.25, 0.3) is 0 Å². The summed E-state index contributed by atoms with van der Waals surface area (Å²) in [4.78, 5) is 0. The van der Waals surface area contributed by atoms with Crippen molar-refractivity contribution in [3.8, 4) is 0 Å². The summed E-state index contributed by atoms with van der Waals surface area (Å²) in [6.07, 6.45) is 0.846. The van der Waals surface area contributed by atoms with E-state index in [0.717, 1.165) is 11.7 Å². The van der Waals surface area contributed by atoms with E-state index in [0.29, 0.717) is 0 Å². The molecule has 0 unspecified atom stereocenters. The Morgan fingerprint density at radius 3 is 1.22 bits per heavy atom. The molecule has 0 bridgehead atoms. The first-order valence-electron chi connectivity index (χ1n) is 8.15. The van der Waals surface area contributed by atoms with Gasteiger partial charge in [0.2, 0.25) is 0 Å². The first kappa shape index (κ1) is 16.0. The van der Waals surface area contributed by atoms with Crippen molar-refractivity contribution in [3.05, 3.63) is 91.0 Å². The van der Waals surface area contributed by atoms with Crippen molar-refractivity contribution in [2.45, 2.75) is 11.7 Å². The van der Waals surface area contributed by atoms with Crippen molar-refractivity contribution in [2.75, 3.05) is 6.61 Å². The monoisotopic (exact) mass is 364 g/mol. The van der Waals surface area contributed by atoms with Crippen LogP contribution in [-0.2, 0) is 0 Å². The summed E-state index contributed by atoms with van der Waals surface area (Å²) in [5, 5.41) is 10.6. The van der Waals surface area contributed by atoms with Crippen molar-refractivity contribution >= 4 is 26.5 Å². The molecule has 0 saturated carbocycles. The first-order valence-corrected chi connectivity index (χ1v) is 12.8. The van der Waals surface area contributed by atoms with Crippen LogP contribution < -0.4 is 13.2 Å². The molecule has 2 heteroatoms. The van der Waals surface area contributed by atoms with Gasteiger partial charge in [0.05, 0.1) is 0 Å². The fourth-order valence-corrected chi connectivity index (χ4v) is 13.6. The summed E-state index contributed by atoms with van der Waals surface area (Å²) in [7, 11) is 0. The van der Waals surface area contributed by atoms with E-state index in [1.807, 2.05) is 0 Å². The molecule has 3 rings (SSSR count). The molecule has 0 atom stereocenters. The molecule has 0 saturated heterocycles. The fraction of sp³-hybridized carbons (Fsp3) is 0.143. The quantitative estimate of drug-likeness (QED) is 0.668. The van der Waals surface area contributed by atoms with Crippen LogP contribution in [0.5, 0.6) is 0 Å². The van der Waals surface area contributed by atoms with E-state index in [-0.39, 0.29) is 6.61 Å². The van der Waals surface area contributed by atoms with Crippen molar-refractivity contribution < 1.29 is 5.11 Å². The zero-order valence-electron chi connectivity index (χ0n) is 13.2. The molecule has 23 heavy (non-hydrogen) atoms. The summed E-state index contributed by atoms with van der Waals surface area (Å²) in [6, 6.07) is 32.7. The number of hydrogen-bond donors (Lipinski definition) is 1. The topological polar surface area (TPSA) is 20.2 Å². The molecule has 0 fully saturated rings. The summed E-state index contributed by atoms with van der Waals surface area (Å²) in [6.45, 7) is 0.250. The molecule has 0 aliphatic rings. The molecule has 0 aliphatic heterocycles. The molecular weight excluding hydrogens is 341 g/mol. The molecule has 1 nitrogen and oxygen atoms in total. The predicted octanol–water partition coefficient (Wildman–Crippen LogP) is 2.54. The Bertz CT molecular complexity index is 614. The van der Waals surface area contributed by atoms with E-state index >= 15 is 0 Å². The summed E-state index contributed by atoms with van der Waals surface area (Å²) in [5.41, 5.74) is 0. The van der Waals surface area contributed by atoms with E-state index in [1.54, 1.807) is 0 Å². The molecule has 0 radical (unpaired) electrons. The summed E-state index contributed by atoms with van der Waals surface area (Å²) < 4.78 is 4.37. The van der Waals surface area contributed by atoms with Crippen LogP contribution in [0.2, 0.25) is 5.25 Å². The van der Waals surface area contributed by atoms with Crippen LogP contribution >= 0.6 is 0 Å². The fourth-order valence-electron chi connectivity index (χ4n) is 3.45. The van der Waals surface area contributed by atoms with Crippen molar-refractivity contribution in [3.63, 3.8) is 0 Å². The molecule has 0 aliphatic carbocycles. The first-order chi connectivity index (χ1) is 11.4. The second-order valence-corrected chi connectivity index (χ2v) is 14.3. The Hall–Kier alpha value is -1.84. The Morgan fingerprint density at radius 1 is 0.565 bits per heavy atom. The Labute approximate surface area is 141 Å². The van der Waals surface area contributed by atoms with Gasteiger partial charge in [-0.2, -0.15) is 0 Å². The van der Waals surface area contributed by atoms with E-state index in [1.165, 1.54) is 13.2 Å². The van der Waals surface area contributed by atoms with E-state index in [9.17, 15) is 5.11 Å². The van der Waals surface area contributed by atoms with Gasteiger partial charge >= 0.3 is 141 Å². The van der Waals surface area contributed by atoms with Gasteiger partial charge in [0.25, 0.3) is 0 Å². The molecule has 0 aromatic heterocycles. The van der Waals surface area contributed by atoms with Crippen molar-refractivity contribution in [1.29, 1.82) is 0 Å². The average Bonchev–Trinajstić information content (AvgIpc) is 2.65. The van der Waals surface area contributed by atoms with Gasteiger partial charge in [-0.1, -0.05) is 0 Å². The van der Waals surface area contributed by atoms with Crippen molar-refractivity contribution in [1.82, 2.24) is 0 Å². The van der Waals surface area contributed by atoms with E-state index in [4.69, 9.17) is 0 Å². The Morgan fingerprint density at radius 2 is 0.913 bits per heavy atom. The number of aliphatic hydroxyl groups is 1. The van der Waals surface area contributed by atoms with E-state index < -0.39 is 13.3 Å². The summed E-state index contributed by atoms with van der Waals surface area (Å²) in [5.74, 6) is 0. The number of aliphatic hydroxyl groups excluding tert-OH is 1. The Balaban J connectivity index is 2.25. The second-order valence-electron chi connectivity index (χ2n) is 5.83. The van der Waals surface area contributed by atoms with Crippen LogP contribution in [0.1, 0.15) is 6.42 Å². The zero-order chi connectivity index (χ0) is 16.0. The van der Waals surface area contributed by atoms with Gasteiger partial charge in [-0.15, -0.1) is 0 Å². The second kappa shape index (κ2) is 7.62. The predicted molar refractivity (Wildman–Crippen MR) is 100 cm³/mol. The zero-order valence-corrected chi connectivity index (χ0v) is 15.3. The number of hydrogen-bond acceptors (Lipinski definition) is 1. The third kappa shape index (κ3) is 3.26. The maximum absolute atomic E-state index is 9.50. The molecule has 3 aromatic carbocycles. The maximum atomic E-state index is 9.50. The molecular formula is C21H22GeO. The minimum absolute atomic E-state index is 0.250. The van der Waals surface area contributed by atoms with E-state index in [2.05, 4.69) is 91.0 Å². The standard InChI is InChI=1S/C21H22GeO/c23-18-10-17-22(19-11-4-1-5-12-19,20-13-6-2-7-14-20)21-15-8-3-9-16-21/h1-9,11-16,23H,10,17-18H2. The third-order valence-electron chi connectivity index (χ3n) is 4.51. The van der Waals surface area contributed by atoms with Gasteiger partial charge in [-0.25, -0.2) is 0 Å². The molecule has 0 amide bonds. The molecule has 3 aromatic rings. The van der Waals surface area contributed by atoms with Gasteiger partial charge in [-0.3, -0.25) is 0 Å². The van der Waals surface area contributed by atoms with Crippen LogP contribution in [0.15, 0.2) is 91.0 Å². The SMILES string of the molecule is OCC[CH2][Ge]([c]1ccccc1)([c]1ccccc1)[c]1ccccc1. The normalized spacial score (nSPS) is 11.3. The molecule has 0 heterocycles. The van der Waals surface area contributed by atoms with Crippen LogP contribution in [-0.4, -0.2) is 25.0 Å². The third-order valence-corrected chi connectivity index (χ3v) is 15.1. The number of benzene rings is 3. The number of rotatable bonds is 6. The molecule has 1 N–H and O–H groups in total. The van der Waals surface area contributed by atoms with Crippen molar-refractivity contribution in [2.24, 2.45) is 0 Å². The van der Waals surface area contributed by atoms with Gasteiger partial charge in [-0.05, 0) is 0 Å². The van der Waals surface area contributed by atoms with Crippen LogP contribution in [0.4, 0.5) is 0 Å². The Kier molecular flexibility index (Phi) is 5.32. The van der Waals surface area contributed by atoms with Gasteiger partial charge in [0, 0.05) is 0 Å². The van der Waals surface area contributed by atoms with Crippen LogP contribution in [0, 0.1) is 0 Å².